The van der Waals surface area contributed by atoms with Crippen molar-refractivity contribution in [3.05, 3.63) is 113 Å². The predicted octanol–water partition coefficient (Wildman–Crippen LogP) is 18.3. The van der Waals surface area contributed by atoms with Crippen molar-refractivity contribution in [1.29, 1.82) is 0 Å². The van der Waals surface area contributed by atoms with Gasteiger partial charge in [0, 0.05) is 119 Å². The number of carbonyl (C=O) groups excluding carboxylic acids is 1. The number of morpholine rings is 2. The number of aryl methyl sites for hydroxylation is 3. The summed E-state index contributed by atoms with van der Waals surface area (Å²) in [4.78, 5) is 24.3. The Bertz CT molecular complexity index is 2640. The Kier molecular flexibility index (Phi) is 44.4. The molecule has 2 atom stereocenters. The third-order valence-electron chi connectivity index (χ3n) is 16.0. The summed E-state index contributed by atoms with van der Waals surface area (Å²) in [5.74, 6) is 2.68. The highest BCUT2D eigenvalue weighted by Crippen LogP contribution is 2.31. The van der Waals surface area contributed by atoms with E-state index in [1.165, 1.54) is 46.4 Å². The fraction of sp³-hybridized carbons (Fsp3) is 0.750. The minimum absolute atomic E-state index is 0.219. The lowest BCUT2D eigenvalue weighted by Gasteiger charge is -2.38. The molecular formula is C80H148N10O6. The van der Waals surface area contributed by atoms with Crippen LogP contribution in [0.1, 0.15) is 260 Å². The first-order valence-electron chi connectivity index (χ1n) is 36.0. The van der Waals surface area contributed by atoms with Crippen molar-refractivity contribution in [2.24, 2.45) is 35.6 Å². The number of hydrogen-bond donors (Lipinski definition) is 2. The average molecular weight is 1350 g/mol. The maximum Gasteiger partial charge on any atom is 0.228 e. The van der Waals surface area contributed by atoms with Gasteiger partial charge in [0.15, 0.2) is 0 Å². The molecule has 554 valence electrons. The van der Waals surface area contributed by atoms with Crippen molar-refractivity contribution < 1.29 is 28.5 Å². The Morgan fingerprint density at radius 1 is 0.510 bits per heavy atom. The highest BCUT2D eigenvalue weighted by Gasteiger charge is 2.31. The number of nitrogens with zero attached hydrogens (tertiary/aromatic N) is 8. The van der Waals surface area contributed by atoms with Crippen molar-refractivity contribution in [2.75, 3.05) is 92.2 Å². The number of carbonyl (C=O) groups is 1. The van der Waals surface area contributed by atoms with E-state index in [0.717, 1.165) is 102 Å². The number of rotatable bonds is 0. The molecule has 5 aliphatic rings. The van der Waals surface area contributed by atoms with Crippen LogP contribution < -0.4 is 0 Å². The van der Waals surface area contributed by atoms with E-state index in [0.29, 0.717) is 24.2 Å². The molecule has 0 bridgehead atoms. The number of hydrogen-bond acceptors (Lipinski definition) is 12. The molecule has 1 amide bonds. The molecule has 16 nitrogen and oxygen atoms in total. The average Bonchev–Trinajstić information content (AvgIpc) is 1.68. The van der Waals surface area contributed by atoms with Crippen molar-refractivity contribution in [3.8, 4) is 0 Å². The van der Waals surface area contributed by atoms with Crippen LogP contribution in [0.5, 0.6) is 0 Å². The minimum atomic E-state index is -0.253. The SMILES string of the molecule is CC.CC.CC(C)(C)C(=O)N1CCOCC1.CC(C)(C)C1COC1.CC(C)(C)N1CCOCC1.CC(C)(C)c1cccnc1.CC(C)(C)c1cn[nH]c1.C[C@@H]1CCOC1.C[C@H]1CCOC1.Cc1[nH]ncc1C(C)(C)C.Cc1ncccc1C(C)(C)C.Cn1cc(C(C)(C)C)cn1. The molecule has 5 aromatic rings. The van der Waals surface area contributed by atoms with Gasteiger partial charge in [0.2, 0.25) is 5.91 Å². The first kappa shape index (κ1) is 93.2. The molecule has 0 radical (unpaired) electrons. The van der Waals surface area contributed by atoms with Crippen LogP contribution in [0.3, 0.4) is 0 Å². The van der Waals surface area contributed by atoms with E-state index in [1.807, 2.05) is 121 Å². The lowest BCUT2D eigenvalue weighted by molar-refractivity contribution is -0.143. The molecule has 16 heteroatoms. The van der Waals surface area contributed by atoms with Crippen molar-refractivity contribution in [3.63, 3.8) is 0 Å². The Morgan fingerprint density at radius 2 is 0.990 bits per heavy atom. The van der Waals surface area contributed by atoms with Gasteiger partial charge in [0.05, 0.1) is 58.2 Å². The maximum atomic E-state index is 11.7. The zero-order chi connectivity index (χ0) is 74.4. The van der Waals surface area contributed by atoms with Crippen molar-refractivity contribution in [2.45, 2.75) is 267 Å². The molecule has 0 aromatic carbocycles. The highest BCUT2D eigenvalue weighted by molar-refractivity contribution is 5.81. The second-order valence-electron chi connectivity index (χ2n) is 33.4. The van der Waals surface area contributed by atoms with Crippen LogP contribution in [-0.4, -0.2) is 154 Å². The summed E-state index contributed by atoms with van der Waals surface area (Å²) in [6.07, 6.45) is 17.7. The van der Waals surface area contributed by atoms with Crippen LogP contribution in [-0.2, 0) is 62.6 Å². The Labute approximate surface area is 589 Å². The molecule has 0 spiro atoms. The molecule has 5 saturated heterocycles. The van der Waals surface area contributed by atoms with Crippen LogP contribution >= 0.6 is 0 Å². The lowest BCUT2D eigenvalue weighted by Crippen LogP contribution is -2.47. The van der Waals surface area contributed by atoms with E-state index in [4.69, 9.17) is 23.7 Å². The molecule has 5 fully saturated rings. The first-order chi connectivity index (χ1) is 44.3. The summed E-state index contributed by atoms with van der Waals surface area (Å²) >= 11 is 0. The first-order valence-corrected chi connectivity index (χ1v) is 36.0. The zero-order valence-electron chi connectivity index (χ0n) is 68.0. The molecule has 10 rings (SSSR count). The molecule has 0 aliphatic carbocycles. The summed E-state index contributed by atoms with van der Waals surface area (Å²) < 4.78 is 27.4. The topological polar surface area (TPSA) is 171 Å². The molecule has 96 heavy (non-hydrogen) atoms. The van der Waals surface area contributed by atoms with Crippen LogP contribution in [0.15, 0.2) is 73.8 Å². The summed E-state index contributed by atoms with van der Waals surface area (Å²) in [6.45, 7) is 81.4. The van der Waals surface area contributed by atoms with Crippen LogP contribution in [0.4, 0.5) is 0 Å². The number of aromatic nitrogens is 8. The second kappa shape index (κ2) is 45.8. The van der Waals surface area contributed by atoms with Crippen molar-refractivity contribution >= 4 is 5.91 Å². The van der Waals surface area contributed by atoms with E-state index in [1.54, 1.807) is 6.20 Å². The number of ether oxygens (including phenoxy) is 5. The fourth-order valence-electron chi connectivity index (χ4n) is 9.18. The van der Waals surface area contributed by atoms with E-state index in [9.17, 15) is 4.79 Å². The van der Waals surface area contributed by atoms with E-state index in [-0.39, 0.29) is 38.4 Å². The largest absolute Gasteiger partial charge is 0.381 e. The van der Waals surface area contributed by atoms with Gasteiger partial charge in [-0.3, -0.25) is 34.5 Å². The summed E-state index contributed by atoms with van der Waals surface area (Å²) in [5, 5.41) is 17.6. The monoisotopic (exact) mass is 1350 g/mol. The second-order valence-corrected chi connectivity index (χ2v) is 33.4. The third-order valence-corrected chi connectivity index (χ3v) is 16.0. The third kappa shape index (κ3) is 42.2. The predicted molar refractivity (Wildman–Crippen MR) is 406 cm³/mol. The molecule has 5 aromatic heterocycles. The van der Waals surface area contributed by atoms with Crippen molar-refractivity contribution in [1.82, 2.24) is 49.9 Å². The normalized spacial score (nSPS) is 17.3. The Morgan fingerprint density at radius 3 is 1.21 bits per heavy atom. The van der Waals surface area contributed by atoms with Gasteiger partial charge in [-0.15, -0.1) is 0 Å². The summed E-state index contributed by atoms with van der Waals surface area (Å²) in [5.41, 5.74) is 10.4. The zero-order valence-corrected chi connectivity index (χ0v) is 68.0. The quantitative estimate of drug-likeness (QED) is 0.151. The number of amides is 1. The minimum Gasteiger partial charge on any atom is -0.381 e. The molecule has 0 saturated carbocycles. The molecule has 10 heterocycles. The van der Waals surface area contributed by atoms with Gasteiger partial charge in [0.25, 0.3) is 0 Å². The number of H-pyrrole nitrogens is 2. The molecule has 0 unspecified atom stereocenters. The van der Waals surface area contributed by atoms with Gasteiger partial charge in [-0.05, 0) is 132 Å². The Balaban J connectivity index is 0. The molecule has 2 N–H and O–H groups in total. The van der Waals surface area contributed by atoms with Gasteiger partial charge in [-0.25, -0.2) is 0 Å². The Hall–Kier alpha value is -4.84. The van der Waals surface area contributed by atoms with Crippen LogP contribution in [0.2, 0.25) is 0 Å². The number of nitrogens with one attached hydrogen (secondary N) is 2. The van der Waals surface area contributed by atoms with Gasteiger partial charge in [0.1, 0.15) is 0 Å². The number of pyridine rings is 2. The smallest absolute Gasteiger partial charge is 0.228 e. The fourth-order valence-corrected chi connectivity index (χ4v) is 9.18. The van der Waals surface area contributed by atoms with Crippen LogP contribution in [0.25, 0.3) is 0 Å². The maximum absolute atomic E-state index is 11.7. The molecule has 5 aliphatic heterocycles. The number of aromatic amines is 2. The van der Waals surface area contributed by atoms with E-state index >= 15 is 0 Å². The molecular weight excluding hydrogens is 1200 g/mol. The van der Waals surface area contributed by atoms with Gasteiger partial charge < -0.3 is 28.6 Å². The van der Waals surface area contributed by atoms with E-state index < -0.39 is 0 Å². The van der Waals surface area contributed by atoms with Gasteiger partial charge in [-0.1, -0.05) is 199 Å². The highest BCUT2D eigenvalue weighted by atomic mass is 16.5. The lowest BCUT2D eigenvalue weighted by atomic mass is 9.80. The van der Waals surface area contributed by atoms with Gasteiger partial charge >= 0.3 is 0 Å². The summed E-state index contributed by atoms with van der Waals surface area (Å²) in [7, 11) is 1.94. The van der Waals surface area contributed by atoms with Gasteiger partial charge in [-0.2, -0.15) is 15.3 Å². The summed E-state index contributed by atoms with van der Waals surface area (Å²) in [6, 6.07) is 8.21. The standard InChI is InChI=1S/C10H15N.C9H17NO2.C9H13N.2C8H14N2.C8H17NO.C7H12N2.C7H14O.2C5H10O.2C2H6/c1-8-9(10(2,3)4)6-5-7-11-8;1-9(2,3)8(11)10-4-6-12-7-5-10;1-9(2,3)8-5-4-6-10-7-8;1-8(2,3)7-5-9-10(4)6-7;1-6-7(5-9-10-6)8(2,3)4;1-8(2,3)9-4-6-10-7-5-9;1-7(2,3)6-4-8-9-5-6;1-7(2,3)6-4-8-5-6;2*1-5-2-3-6-4-5;2*1-2/h5-7H,1-4H3;4-7H2,1-3H3;4-7H,1-3H3;5-6H,1-4H3;5H,1-4H3,(H,9,10);4-7H2,1-3H3;4-5H,1-3H3,(H,8,9);6H,4-5H2,1-3H3;2*5H,2-4H2,1H3;2*1-2H3/t;;;;;;;;2*5-;;/m........10../s1. The van der Waals surface area contributed by atoms with Crippen LogP contribution in [0, 0.1) is 42.4 Å². The van der Waals surface area contributed by atoms with E-state index in [2.05, 4.69) is 225 Å².